The Balaban J connectivity index is 0.00000242. The van der Waals surface area contributed by atoms with Crippen molar-refractivity contribution in [2.45, 2.75) is 24.5 Å². The van der Waals surface area contributed by atoms with Crippen LogP contribution in [0.5, 0.6) is 0 Å². The molecule has 1 unspecified atom stereocenters. The lowest BCUT2D eigenvalue weighted by Crippen LogP contribution is -2.54. The van der Waals surface area contributed by atoms with Gasteiger partial charge in [-0.25, -0.2) is 4.39 Å². The number of rotatable bonds is 5. The van der Waals surface area contributed by atoms with Gasteiger partial charge in [0.1, 0.15) is 11.4 Å². The average Bonchev–Trinajstić information content (AvgIpc) is 2.52. The van der Waals surface area contributed by atoms with Crippen LogP contribution >= 0.6 is 12.4 Å². The molecule has 1 saturated heterocycles. The summed E-state index contributed by atoms with van der Waals surface area (Å²) in [5, 5.41) is 15.9. The van der Waals surface area contributed by atoms with Crippen molar-refractivity contribution in [1.29, 1.82) is 0 Å². The molecule has 2 rings (SSSR count). The lowest BCUT2D eigenvalue weighted by molar-refractivity contribution is -0.147. The number of carbonyl (C=O) groups excluding carboxylic acids is 1. The molecule has 1 aromatic rings. The summed E-state index contributed by atoms with van der Waals surface area (Å²) in [4.78, 5) is 12.3. The third-order valence-electron chi connectivity index (χ3n) is 3.91. The highest BCUT2D eigenvalue weighted by Gasteiger charge is 2.39. The standard InChI is InChI=1S/C15H21FN2O3.ClH/c1-21-15(5-7-17-8-6-15)14(20)18-10-13(19)11-3-2-4-12(16)9-11;/h2-4,9,13,17,19H,5-8,10H2,1H3,(H,18,20);1H. The Morgan fingerprint density at radius 1 is 1.50 bits per heavy atom. The number of methoxy groups -OCH3 is 1. The number of piperidine rings is 1. The van der Waals surface area contributed by atoms with E-state index in [1.165, 1.54) is 25.3 Å². The molecule has 0 aliphatic carbocycles. The molecule has 7 heteroatoms. The van der Waals surface area contributed by atoms with Gasteiger partial charge in [-0.15, -0.1) is 12.4 Å². The summed E-state index contributed by atoms with van der Waals surface area (Å²) in [6, 6.07) is 5.72. The SMILES string of the molecule is COC1(C(=O)NCC(O)c2cccc(F)c2)CCNCC1.Cl. The van der Waals surface area contributed by atoms with Gasteiger partial charge in [0.05, 0.1) is 6.10 Å². The van der Waals surface area contributed by atoms with E-state index in [1.54, 1.807) is 6.07 Å². The Kier molecular flexibility index (Phi) is 7.22. The van der Waals surface area contributed by atoms with Crippen LogP contribution in [-0.4, -0.2) is 43.4 Å². The van der Waals surface area contributed by atoms with Gasteiger partial charge in [-0.1, -0.05) is 12.1 Å². The lowest BCUT2D eigenvalue weighted by Gasteiger charge is -2.35. The molecule has 0 aromatic heterocycles. The first kappa shape index (κ1) is 18.8. The molecule has 1 aromatic carbocycles. The van der Waals surface area contributed by atoms with Crippen LogP contribution in [0.1, 0.15) is 24.5 Å². The fourth-order valence-electron chi connectivity index (χ4n) is 2.54. The van der Waals surface area contributed by atoms with Crippen molar-refractivity contribution in [3.05, 3.63) is 35.6 Å². The zero-order chi connectivity index (χ0) is 15.3. The van der Waals surface area contributed by atoms with Crippen LogP contribution in [0.3, 0.4) is 0 Å². The number of hydrogen-bond donors (Lipinski definition) is 3. The molecule has 1 aliphatic rings. The predicted molar refractivity (Wildman–Crippen MR) is 83.5 cm³/mol. The Labute approximate surface area is 135 Å². The van der Waals surface area contributed by atoms with Crippen molar-refractivity contribution in [3.8, 4) is 0 Å². The molecule has 0 saturated carbocycles. The third-order valence-corrected chi connectivity index (χ3v) is 3.91. The summed E-state index contributed by atoms with van der Waals surface area (Å²) < 4.78 is 18.5. The highest BCUT2D eigenvalue weighted by Crippen LogP contribution is 2.23. The average molecular weight is 333 g/mol. The van der Waals surface area contributed by atoms with E-state index in [-0.39, 0.29) is 24.9 Å². The minimum absolute atomic E-state index is 0. The second kappa shape index (κ2) is 8.43. The Hall–Kier alpha value is -1.21. The molecule has 124 valence electrons. The van der Waals surface area contributed by atoms with Crippen LogP contribution in [0, 0.1) is 5.82 Å². The third kappa shape index (κ3) is 4.39. The van der Waals surface area contributed by atoms with Gasteiger partial charge >= 0.3 is 0 Å². The minimum atomic E-state index is -0.944. The van der Waals surface area contributed by atoms with Crippen LogP contribution in [0.2, 0.25) is 0 Å². The number of ether oxygens (including phenoxy) is 1. The van der Waals surface area contributed by atoms with Gasteiger partial charge < -0.3 is 20.5 Å². The number of halogens is 2. The van der Waals surface area contributed by atoms with Crippen LogP contribution in [0.15, 0.2) is 24.3 Å². The van der Waals surface area contributed by atoms with Crippen molar-refractivity contribution in [2.75, 3.05) is 26.7 Å². The van der Waals surface area contributed by atoms with E-state index in [0.29, 0.717) is 31.5 Å². The first-order valence-corrected chi connectivity index (χ1v) is 7.05. The first-order chi connectivity index (χ1) is 10.1. The molecule has 3 N–H and O–H groups in total. The van der Waals surface area contributed by atoms with Crippen molar-refractivity contribution in [1.82, 2.24) is 10.6 Å². The van der Waals surface area contributed by atoms with E-state index in [2.05, 4.69) is 10.6 Å². The smallest absolute Gasteiger partial charge is 0.252 e. The maximum Gasteiger partial charge on any atom is 0.252 e. The summed E-state index contributed by atoms with van der Waals surface area (Å²) in [6.45, 7) is 1.46. The molecule has 22 heavy (non-hydrogen) atoms. The number of aliphatic hydroxyl groups is 1. The molecule has 1 aliphatic heterocycles. The van der Waals surface area contributed by atoms with Gasteiger partial charge in [0.25, 0.3) is 5.91 Å². The Morgan fingerprint density at radius 3 is 2.77 bits per heavy atom. The monoisotopic (exact) mass is 332 g/mol. The number of nitrogens with one attached hydrogen (secondary N) is 2. The second-order valence-electron chi connectivity index (χ2n) is 5.23. The zero-order valence-corrected chi connectivity index (χ0v) is 13.3. The molecule has 1 atom stereocenters. The lowest BCUT2D eigenvalue weighted by atomic mass is 9.91. The fourth-order valence-corrected chi connectivity index (χ4v) is 2.54. The van der Waals surface area contributed by atoms with Crippen LogP contribution < -0.4 is 10.6 Å². The summed E-state index contributed by atoms with van der Waals surface area (Å²) >= 11 is 0. The van der Waals surface area contributed by atoms with Gasteiger partial charge in [-0.05, 0) is 43.6 Å². The number of benzene rings is 1. The predicted octanol–water partition coefficient (Wildman–Crippen LogP) is 1.17. The highest BCUT2D eigenvalue weighted by molar-refractivity contribution is 5.85. The maximum absolute atomic E-state index is 13.1. The number of hydrogen-bond acceptors (Lipinski definition) is 4. The molecule has 5 nitrogen and oxygen atoms in total. The van der Waals surface area contributed by atoms with Gasteiger partial charge in [0, 0.05) is 13.7 Å². The van der Waals surface area contributed by atoms with Crippen molar-refractivity contribution >= 4 is 18.3 Å². The molecule has 0 bridgehead atoms. The van der Waals surface area contributed by atoms with E-state index in [0.717, 1.165) is 0 Å². The summed E-state index contributed by atoms with van der Waals surface area (Å²) in [5.41, 5.74) is -0.403. The van der Waals surface area contributed by atoms with Gasteiger partial charge in [0.15, 0.2) is 0 Å². The number of carbonyl (C=O) groups is 1. The summed E-state index contributed by atoms with van der Waals surface area (Å²) in [5.74, 6) is -0.647. The highest BCUT2D eigenvalue weighted by atomic mass is 35.5. The summed E-state index contributed by atoms with van der Waals surface area (Å²) in [6.07, 6.45) is 0.233. The van der Waals surface area contributed by atoms with Gasteiger partial charge in [-0.2, -0.15) is 0 Å². The fraction of sp³-hybridized carbons (Fsp3) is 0.533. The molecule has 1 heterocycles. The van der Waals surface area contributed by atoms with Crippen LogP contribution in [0.25, 0.3) is 0 Å². The van der Waals surface area contributed by atoms with Crippen LogP contribution in [0.4, 0.5) is 4.39 Å². The molecular formula is C15H22ClFN2O3. The van der Waals surface area contributed by atoms with E-state index in [4.69, 9.17) is 4.74 Å². The first-order valence-electron chi connectivity index (χ1n) is 7.05. The van der Waals surface area contributed by atoms with E-state index >= 15 is 0 Å². The van der Waals surface area contributed by atoms with E-state index in [9.17, 15) is 14.3 Å². The van der Waals surface area contributed by atoms with Gasteiger partial charge in [-0.3, -0.25) is 4.79 Å². The molecule has 1 fully saturated rings. The second-order valence-corrected chi connectivity index (χ2v) is 5.23. The van der Waals surface area contributed by atoms with E-state index < -0.39 is 17.5 Å². The topological polar surface area (TPSA) is 70.6 Å². The normalized spacial score (nSPS) is 18.1. The molecule has 0 spiro atoms. The molecule has 0 radical (unpaired) electrons. The van der Waals surface area contributed by atoms with Gasteiger partial charge in [0.2, 0.25) is 0 Å². The molecular weight excluding hydrogens is 311 g/mol. The largest absolute Gasteiger partial charge is 0.387 e. The maximum atomic E-state index is 13.1. The minimum Gasteiger partial charge on any atom is -0.387 e. The van der Waals surface area contributed by atoms with Crippen molar-refractivity contribution in [3.63, 3.8) is 0 Å². The summed E-state index contributed by atoms with van der Waals surface area (Å²) in [7, 11) is 1.52. The Bertz CT molecular complexity index is 495. The Morgan fingerprint density at radius 2 is 2.18 bits per heavy atom. The van der Waals surface area contributed by atoms with Crippen LogP contribution in [-0.2, 0) is 9.53 Å². The number of amides is 1. The van der Waals surface area contributed by atoms with Crippen molar-refractivity contribution in [2.24, 2.45) is 0 Å². The van der Waals surface area contributed by atoms with E-state index in [1.807, 2.05) is 0 Å². The van der Waals surface area contributed by atoms with Crippen molar-refractivity contribution < 1.29 is 19.0 Å². The number of aliphatic hydroxyl groups excluding tert-OH is 1. The zero-order valence-electron chi connectivity index (χ0n) is 12.5. The molecule has 1 amide bonds. The quantitative estimate of drug-likeness (QED) is 0.757.